The average Bonchev–Trinajstić information content (AvgIpc) is 3.42. The smallest absolute Gasteiger partial charge is 0.433 e. The molecule has 0 fully saturated rings. The monoisotopic (exact) mass is 448 g/mol. The van der Waals surface area contributed by atoms with Gasteiger partial charge in [-0.15, -0.1) is 11.3 Å². The zero-order chi connectivity index (χ0) is 22.2. The number of halogens is 3. The number of carbonyl (C=O) groups excluding carboxylic acids is 1. The number of methoxy groups -OCH3 is 2. The molecule has 0 bridgehead atoms. The number of rotatable bonds is 5. The van der Waals surface area contributed by atoms with Crippen LogP contribution in [-0.2, 0) is 6.18 Å². The predicted octanol–water partition coefficient (Wildman–Crippen LogP) is 4.75. The number of alkyl halides is 3. The van der Waals surface area contributed by atoms with Gasteiger partial charge in [0.25, 0.3) is 5.91 Å². The van der Waals surface area contributed by atoms with Gasteiger partial charge in [-0.05, 0) is 29.6 Å². The van der Waals surface area contributed by atoms with E-state index in [2.05, 4.69) is 15.4 Å². The first-order valence-electron chi connectivity index (χ1n) is 8.85. The molecule has 4 aromatic rings. The summed E-state index contributed by atoms with van der Waals surface area (Å²) in [6.07, 6.45) is -4.69. The second-order valence-corrected chi connectivity index (χ2v) is 7.27. The number of hydrogen-bond donors (Lipinski definition) is 1. The van der Waals surface area contributed by atoms with Gasteiger partial charge in [0.1, 0.15) is 11.5 Å². The molecule has 1 aromatic carbocycles. The predicted molar refractivity (Wildman–Crippen MR) is 109 cm³/mol. The van der Waals surface area contributed by atoms with Crippen LogP contribution in [0.1, 0.15) is 16.2 Å². The van der Waals surface area contributed by atoms with Gasteiger partial charge in [0.15, 0.2) is 17.0 Å². The van der Waals surface area contributed by atoms with Crippen molar-refractivity contribution in [3.8, 4) is 22.1 Å². The van der Waals surface area contributed by atoms with Crippen molar-refractivity contribution in [2.75, 3.05) is 19.5 Å². The number of fused-ring (bicyclic) bond motifs is 1. The molecule has 0 saturated heterocycles. The summed E-state index contributed by atoms with van der Waals surface area (Å²) in [4.78, 5) is 17.5. The molecule has 0 atom stereocenters. The molecule has 0 radical (unpaired) electrons. The minimum atomic E-state index is -4.69. The van der Waals surface area contributed by atoms with Crippen LogP contribution in [0.25, 0.3) is 16.2 Å². The number of benzene rings is 1. The van der Waals surface area contributed by atoms with Crippen LogP contribution in [-0.4, -0.2) is 34.7 Å². The lowest BCUT2D eigenvalue weighted by Gasteiger charge is -2.11. The highest BCUT2D eigenvalue weighted by atomic mass is 32.1. The molecule has 0 aliphatic heterocycles. The molecule has 1 N–H and O–H groups in total. The molecule has 1 amide bonds. The van der Waals surface area contributed by atoms with E-state index < -0.39 is 17.8 Å². The van der Waals surface area contributed by atoms with Crippen molar-refractivity contribution in [1.29, 1.82) is 0 Å². The van der Waals surface area contributed by atoms with Crippen molar-refractivity contribution in [1.82, 2.24) is 14.6 Å². The third kappa shape index (κ3) is 4.04. The van der Waals surface area contributed by atoms with E-state index in [4.69, 9.17) is 9.47 Å². The van der Waals surface area contributed by atoms with Gasteiger partial charge in [-0.3, -0.25) is 4.79 Å². The Kier molecular flexibility index (Phi) is 5.27. The van der Waals surface area contributed by atoms with Crippen molar-refractivity contribution in [3.63, 3.8) is 0 Å². The molecule has 31 heavy (non-hydrogen) atoms. The summed E-state index contributed by atoms with van der Waals surface area (Å²) in [5.41, 5.74) is -0.876. The Hall–Kier alpha value is -3.60. The summed E-state index contributed by atoms with van der Waals surface area (Å²) >= 11 is 1.26. The maximum absolute atomic E-state index is 13.7. The molecule has 0 saturated carbocycles. The summed E-state index contributed by atoms with van der Waals surface area (Å²) in [6.45, 7) is 0. The Morgan fingerprint density at radius 1 is 1.13 bits per heavy atom. The molecule has 7 nitrogen and oxygen atoms in total. The fourth-order valence-corrected chi connectivity index (χ4v) is 3.61. The first-order valence-corrected chi connectivity index (χ1v) is 9.73. The lowest BCUT2D eigenvalue weighted by Crippen LogP contribution is -2.16. The fraction of sp³-hybridized carbons (Fsp3) is 0.150. The number of ether oxygens (including phenoxy) is 2. The lowest BCUT2D eigenvalue weighted by atomic mass is 10.2. The minimum absolute atomic E-state index is 0.0925. The van der Waals surface area contributed by atoms with E-state index in [0.717, 1.165) is 6.07 Å². The van der Waals surface area contributed by atoms with E-state index in [1.165, 1.54) is 31.6 Å². The van der Waals surface area contributed by atoms with E-state index in [1.807, 2.05) is 0 Å². The van der Waals surface area contributed by atoms with Gasteiger partial charge >= 0.3 is 6.18 Å². The highest BCUT2D eigenvalue weighted by Crippen LogP contribution is 2.34. The van der Waals surface area contributed by atoms with Crippen molar-refractivity contribution < 1.29 is 27.4 Å². The van der Waals surface area contributed by atoms with E-state index in [1.54, 1.807) is 35.7 Å². The van der Waals surface area contributed by atoms with Gasteiger partial charge < -0.3 is 14.8 Å². The molecule has 3 aromatic heterocycles. The first kappa shape index (κ1) is 20.7. The Morgan fingerprint density at radius 3 is 2.58 bits per heavy atom. The van der Waals surface area contributed by atoms with Crippen LogP contribution >= 0.6 is 11.3 Å². The number of hydrogen-bond acceptors (Lipinski definition) is 6. The highest BCUT2D eigenvalue weighted by Gasteiger charge is 2.35. The van der Waals surface area contributed by atoms with Gasteiger partial charge in [-0.25, -0.2) is 9.50 Å². The maximum Gasteiger partial charge on any atom is 0.433 e. The second-order valence-electron chi connectivity index (χ2n) is 6.32. The molecular formula is C20H15F3N4O3S. The van der Waals surface area contributed by atoms with Crippen molar-refractivity contribution >= 4 is 28.6 Å². The third-order valence-corrected chi connectivity index (χ3v) is 5.27. The van der Waals surface area contributed by atoms with Crippen molar-refractivity contribution in [3.05, 3.63) is 59.2 Å². The number of anilines is 1. The van der Waals surface area contributed by atoms with Crippen LogP contribution in [0.3, 0.4) is 0 Å². The fourth-order valence-electron chi connectivity index (χ4n) is 2.93. The first-order chi connectivity index (χ1) is 14.8. The van der Waals surface area contributed by atoms with Crippen molar-refractivity contribution in [2.45, 2.75) is 6.18 Å². The molecule has 0 unspecified atom stereocenters. The van der Waals surface area contributed by atoms with Crippen molar-refractivity contribution in [2.24, 2.45) is 0 Å². The summed E-state index contributed by atoms with van der Waals surface area (Å²) in [5, 5.41) is 8.18. The van der Waals surface area contributed by atoms with Gasteiger partial charge in [0, 0.05) is 12.1 Å². The van der Waals surface area contributed by atoms with Gasteiger partial charge in [-0.2, -0.15) is 18.3 Å². The molecule has 0 spiro atoms. The summed E-state index contributed by atoms with van der Waals surface area (Å²) in [6, 6.07) is 10.2. The number of nitrogens with one attached hydrogen (secondary N) is 1. The van der Waals surface area contributed by atoms with Crippen LogP contribution in [0.15, 0.2) is 47.8 Å². The van der Waals surface area contributed by atoms with Crippen LogP contribution in [0.4, 0.5) is 18.9 Å². The Bertz CT molecular complexity index is 1250. The van der Waals surface area contributed by atoms with Gasteiger partial charge in [-0.1, -0.05) is 6.07 Å². The summed E-state index contributed by atoms with van der Waals surface area (Å²) in [7, 11) is 2.90. The zero-order valence-electron chi connectivity index (χ0n) is 16.2. The van der Waals surface area contributed by atoms with Gasteiger partial charge in [0.05, 0.1) is 30.5 Å². The SMILES string of the molecule is COc1ccc(NC(=O)c2cc3nc(-c4cccs4)cc(C(F)(F)F)n3n2)c(OC)c1. The molecule has 3 heterocycles. The number of nitrogens with zero attached hydrogens (tertiary/aromatic N) is 3. The second kappa shape index (κ2) is 7.91. The molecule has 160 valence electrons. The lowest BCUT2D eigenvalue weighted by molar-refractivity contribution is -0.142. The van der Waals surface area contributed by atoms with Gasteiger partial charge in [0.2, 0.25) is 0 Å². The quantitative estimate of drug-likeness (QED) is 0.477. The minimum Gasteiger partial charge on any atom is -0.497 e. The average molecular weight is 448 g/mol. The van der Waals surface area contributed by atoms with E-state index >= 15 is 0 Å². The number of aromatic nitrogens is 3. The van der Waals surface area contributed by atoms with E-state index in [-0.39, 0.29) is 17.0 Å². The molecule has 4 rings (SSSR count). The van der Waals surface area contributed by atoms with Crippen LogP contribution in [0, 0.1) is 0 Å². The topological polar surface area (TPSA) is 77.8 Å². The molecular weight excluding hydrogens is 433 g/mol. The third-order valence-electron chi connectivity index (χ3n) is 4.38. The van der Waals surface area contributed by atoms with Crippen LogP contribution < -0.4 is 14.8 Å². The summed E-state index contributed by atoms with van der Waals surface area (Å²) in [5.74, 6) is 0.132. The highest BCUT2D eigenvalue weighted by molar-refractivity contribution is 7.13. The largest absolute Gasteiger partial charge is 0.497 e. The molecule has 11 heteroatoms. The standard InChI is InChI=1S/C20H15F3N4O3S/c1-29-11-5-6-12(15(8-11)30-2)25-19(28)14-10-18-24-13(16-4-3-7-31-16)9-17(20(21,22)23)27(18)26-14/h3-10H,1-2H3,(H,25,28). The van der Waals surface area contributed by atoms with Crippen LogP contribution in [0.5, 0.6) is 11.5 Å². The molecule has 0 aliphatic rings. The maximum atomic E-state index is 13.7. The summed E-state index contributed by atoms with van der Waals surface area (Å²) < 4.78 is 51.9. The Morgan fingerprint density at radius 2 is 1.94 bits per heavy atom. The van der Waals surface area contributed by atoms with Crippen LogP contribution in [0.2, 0.25) is 0 Å². The van der Waals surface area contributed by atoms with E-state index in [9.17, 15) is 18.0 Å². The normalized spacial score (nSPS) is 11.5. The number of thiophene rings is 1. The Labute approximate surface area is 178 Å². The van der Waals surface area contributed by atoms with E-state index in [0.29, 0.717) is 26.6 Å². The zero-order valence-corrected chi connectivity index (χ0v) is 17.0. The molecule has 0 aliphatic carbocycles. The number of amides is 1. The number of carbonyl (C=O) groups is 1. The Balaban J connectivity index is 1.74.